The van der Waals surface area contributed by atoms with Crippen molar-refractivity contribution in [3.63, 3.8) is 0 Å². The molecular weight excluding hydrogens is 349 g/mol. The lowest BCUT2D eigenvalue weighted by molar-refractivity contribution is 0.0761. The van der Waals surface area contributed by atoms with Gasteiger partial charge in [-0.3, -0.25) is 4.79 Å². The Morgan fingerprint density at radius 2 is 2.29 bits per heavy atom. The molecule has 0 radical (unpaired) electrons. The lowest BCUT2D eigenvalue weighted by Crippen LogP contribution is -2.33. The van der Waals surface area contributed by atoms with E-state index in [-0.39, 0.29) is 5.91 Å². The molecule has 0 atom stereocenters. The van der Waals surface area contributed by atoms with Crippen molar-refractivity contribution in [2.75, 3.05) is 6.54 Å². The maximum absolute atomic E-state index is 12.4. The lowest BCUT2D eigenvalue weighted by Gasteiger charge is -2.21. The molecule has 0 N–H and O–H groups in total. The third-order valence-corrected chi connectivity index (χ3v) is 3.86. The molecule has 1 amide bonds. The molecule has 1 aromatic rings. The Morgan fingerprint density at radius 3 is 2.82 bits per heavy atom. The number of carbonyl (C=O) groups is 1. The average Bonchev–Trinajstić information content (AvgIpc) is 3.09. The Hall–Kier alpha value is -0.550. The van der Waals surface area contributed by atoms with E-state index in [0.29, 0.717) is 17.6 Å². The predicted molar refractivity (Wildman–Crippen MR) is 78.4 cm³/mol. The van der Waals surface area contributed by atoms with Gasteiger partial charge in [-0.15, -0.1) is 6.58 Å². The highest BCUT2D eigenvalue weighted by molar-refractivity contribution is 14.1. The van der Waals surface area contributed by atoms with Crippen LogP contribution in [0.15, 0.2) is 30.9 Å². The van der Waals surface area contributed by atoms with E-state index in [0.717, 1.165) is 22.0 Å². The zero-order valence-electron chi connectivity index (χ0n) is 9.33. The molecule has 0 aromatic heterocycles. The van der Waals surface area contributed by atoms with E-state index < -0.39 is 0 Å². The Labute approximate surface area is 120 Å². The fraction of sp³-hybridized carbons (Fsp3) is 0.308. The molecule has 1 aliphatic carbocycles. The van der Waals surface area contributed by atoms with Crippen molar-refractivity contribution >= 4 is 40.1 Å². The molecule has 1 saturated carbocycles. The molecule has 0 spiro atoms. The molecule has 1 aliphatic rings. The molecule has 2 rings (SSSR count). The van der Waals surface area contributed by atoms with Gasteiger partial charge in [-0.1, -0.05) is 17.7 Å². The van der Waals surface area contributed by atoms with Crippen LogP contribution in [0.4, 0.5) is 0 Å². The van der Waals surface area contributed by atoms with E-state index in [1.165, 1.54) is 0 Å². The van der Waals surface area contributed by atoms with Crippen molar-refractivity contribution < 1.29 is 4.79 Å². The number of hydrogen-bond acceptors (Lipinski definition) is 1. The van der Waals surface area contributed by atoms with Gasteiger partial charge in [-0.25, -0.2) is 0 Å². The van der Waals surface area contributed by atoms with Gasteiger partial charge in [-0.2, -0.15) is 0 Å². The molecular formula is C13H13ClINO. The second-order valence-corrected chi connectivity index (χ2v) is 5.70. The van der Waals surface area contributed by atoms with Crippen LogP contribution in [0.3, 0.4) is 0 Å². The van der Waals surface area contributed by atoms with Gasteiger partial charge in [-0.05, 0) is 53.6 Å². The summed E-state index contributed by atoms with van der Waals surface area (Å²) in [5, 5.41) is 0.660. The summed E-state index contributed by atoms with van der Waals surface area (Å²) in [5.41, 5.74) is 0.726. The van der Waals surface area contributed by atoms with Crippen LogP contribution in [-0.4, -0.2) is 23.4 Å². The van der Waals surface area contributed by atoms with E-state index in [1.807, 2.05) is 11.0 Å². The third-order valence-electron chi connectivity index (χ3n) is 2.74. The summed E-state index contributed by atoms with van der Waals surface area (Å²) >= 11 is 8.04. The highest BCUT2D eigenvalue weighted by Crippen LogP contribution is 2.29. The minimum atomic E-state index is 0.0773. The second kappa shape index (κ2) is 5.40. The first-order valence-corrected chi connectivity index (χ1v) is 6.96. The van der Waals surface area contributed by atoms with Crippen LogP contribution in [0, 0.1) is 3.57 Å². The lowest BCUT2D eigenvalue weighted by atomic mass is 10.2. The smallest absolute Gasteiger partial charge is 0.255 e. The van der Waals surface area contributed by atoms with Crippen molar-refractivity contribution in [3.05, 3.63) is 45.0 Å². The van der Waals surface area contributed by atoms with Crippen LogP contribution in [-0.2, 0) is 0 Å². The summed E-state index contributed by atoms with van der Waals surface area (Å²) in [7, 11) is 0. The molecule has 0 bridgehead atoms. The fourth-order valence-electron chi connectivity index (χ4n) is 1.74. The van der Waals surface area contributed by atoms with Gasteiger partial charge >= 0.3 is 0 Å². The summed E-state index contributed by atoms with van der Waals surface area (Å²) < 4.78 is 0.898. The molecule has 90 valence electrons. The molecule has 0 aliphatic heterocycles. The predicted octanol–water partition coefficient (Wildman–Crippen LogP) is 3.74. The van der Waals surface area contributed by atoms with Gasteiger partial charge in [0, 0.05) is 21.2 Å². The highest BCUT2D eigenvalue weighted by atomic mass is 127. The van der Waals surface area contributed by atoms with Crippen molar-refractivity contribution in [1.82, 2.24) is 4.90 Å². The Morgan fingerprint density at radius 1 is 1.59 bits per heavy atom. The van der Waals surface area contributed by atoms with Crippen molar-refractivity contribution in [2.45, 2.75) is 18.9 Å². The van der Waals surface area contributed by atoms with Crippen LogP contribution in [0.2, 0.25) is 5.02 Å². The number of benzene rings is 1. The monoisotopic (exact) mass is 361 g/mol. The first kappa shape index (κ1) is 12.9. The van der Waals surface area contributed by atoms with Gasteiger partial charge in [0.2, 0.25) is 0 Å². The molecule has 0 heterocycles. The van der Waals surface area contributed by atoms with Crippen molar-refractivity contribution in [2.24, 2.45) is 0 Å². The van der Waals surface area contributed by atoms with E-state index in [1.54, 1.807) is 18.2 Å². The Balaban J connectivity index is 2.24. The van der Waals surface area contributed by atoms with Crippen LogP contribution >= 0.6 is 34.2 Å². The van der Waals surface area contributed by atoms with E-state index in [4.69, 9.17) is 11.6 Å². The zero-order valence-corrected chi connectivity index (χ0v) is 12.2. The number of nitrogens with zero attached hydrogens (tertiary/aromatic N) is 1. The Bertz CT molecular complexity index is 457. The van der Waals surface area contributed by atoms with Crippen LogP contribution in [0.25, 0.3) is 0 Å². The molecule has 17 heavy (non-hydrogen) atoms. The molecule has 1 fully saturated rings. The van der Waals surface area contributed by atoms with Gasteiger partial charge in [0.15, 0.2) is 0 Å². The standard InChI is InChI=1S/C13H13ClINO/c1-2-7-16(10-4-5-10)13(17)11-6-3-9(14)8-12(11)15/h2-3,6,8,10H,1,4-5,7H2. The fourth-order valence-corrected chi connectivity index (χ4v) is 2.84. The first-order chi connectivity index (χ1) is 8.13. The SMILES string of the molecule is C=CCN(C(=O)c1ccc(Cl)cc1I)C1CC1. The summed E-state index contributed by atoms with van der Waals surface area (Å²) in [4.78, 5) is 14.3. The van der Waals surface area contributed by atoms with Gasteiger partial charge in [0.25, 0.3) is 5.91 Å². The van der Waals surface area contributed by atoms with Gasteiger partial charge in [0.05, 0.1) is 5.56 Å². The highest BCUT2D eigenvalue weighted by Gasteiger charge is 2.32. The van der Waals surface area contributed by atoms with E-state index in [2.05, 4.69) is 29.2 Å². The second-order valence-electron chi connectivity index (χ2n) is 4.10. The maximum Gasteiger partial charge on any atom is 0.255 e. The number of amides is 1. The average molecular weight is 362 g/mol. The minimum Gasteiger partial charge on any atom is -0.332 e. The summed E-state index contributed by atoms with van der Waals surface area (Å²) in [6.45, 7) is 4.32. The van der Waals surface area contributed by atoms with Crippen molar-refractivity contribution in [1.29, 1.82) is 0 Å². The number of carbonyl (C=O) groups excluding carboxylic acids is 1. The van der Waals surface area contributed by atoms with Crippen LogP contribution < -0.4 is 0 Å². The largest absolute Gasteiger partial charge is 0.332 e. The molecule has 2 nitrogen and oxygen atoms in total. The molecule has 0 unspecified atom stereocenters. The van der Waals surface area contributed by atoms with Crippen LogP contribution in [0.1, 0.15) is 23.2 Å². The summed E-state index contributed by atoms with van der Waals surface area (Å²) in [5.74, 6) is 0.0773. The minimum absolute atomic E-state index is 0.0773. The topological polar surface area (TPSA) is 20.3 Å². The first-order valence-electron chi connectivity index (χ1n) is 5.50. The maximum atomic E-state index is 12.4. The van der Waals surface area contributed by atoms with E-state index >= 15 is 0 Å². The van der Waals surface area contributed by atoms with Gasteiger partial charge in [0.1, 0.15) is 0 Å². The number of rotatable bonds is 4. The zero-order chi connectivity index (χ0) is 12.4. The van der Waals surface area contributed by atoms with Crippen molar-refractivity contribution in [3.8, 4) is 0 Å². The summed E-state index contributed by atoms with van der Waals surface area (Å²) in [6, 6.07) is 5.77. The summed E-state index contributed by atoms with van der Waals surface area (Å²) in [6.07, 6.45) is 3.98. The Kier molecular flexibility index (Phi) is 4.09. The normalized spacial score (nSPS) is 14.5. The molecule has 1 aromatic carbocycles. The molecule has 0 saturated heterocycles. The molecule has 4 heteroatoms. The van der Waals surface area contributed by atoms with Crippen LogP contribution in [0.5, 0.6) is 0 Å². The number of halogens is 2. The number of hydrogen-bond donors (Lipinski definition) is 0. The third kappa shape index (κ3) is 3.01. The van der Waals surface area contributed by atoms with Gasteiger partial charge < -0.3 is 4.90 Å². The van der Waals surface area contributed by atoms with E-state index in [9.17, 15) is 4.79 Å². The quantitative estimate of drug-likeness (QED) is 0.591.